The van der Waals surface area contributed by atoms with Gasteiger partial charge in [-0.1, -0.05) is 29.8 Å². The van der Waals surface area contributed by atoms with Crippen LogP contribution in [0.4, 0.5) is 14.9 Å². The number of benzene rings is 3. The van der Waals surface area contributed by atoms with Crippen LogP contribution in [0.2, 0.25) is 5.02 Å². The van der Waals surface area contributed by atoms with Gasteiger partial charge in [0.15, 0.2) is 5.58 Å². The fourth-order valence-electron chi connectivity index (χ4n) is 3.27. The number of aliphatic carboxylic acids is 1. The number of nitrogens with zero attached hydrogens (tertiary/aromatic N) is 2. The van der Waals surface area contributed by atoms with Crippen molar-refractivity contribution in [3.05, 3.63) is 82.6 Å². The maximum atomic E-state index is 14.8. The van der Waals surface area contributed by atoms with Crippen molar-refractivity contribution in [3.8, 4) is 11.5 Å². The molecule has 0 aliphatic carbocycles. The van der Waals surface area contributed by atoms with E-state index in [0.29, 0.717) is 27.2 Å². The van der Waals surface area contributed by atoms with Crippen LogP contribution in [-0.2, 0) is 11.3 Å². The Bertz CT molecular complexity index is 1340. The van der Waals surface area contributed by atoms with E-state index in [9.17, 15) is 19.1 Å². The third-order valence-electron chi connectivity index (χ3n) is 4.89. The minimum Gasteiger partial charge on any atom is -0.548 e. The van der Waals surface area contributed by atoms with Crippen LogP contribution in [0.5, 0.6) is 0 Å². The number of carbonyl (C=O) groups excluding carboxylic acids is 2. The maximum Gasteiger partial charge on any atom is 1.00 e. The topological polar surface area (TPSA) is 98.5 Å². The molecule has 0 aliphatic rings. The Labute approximate surface area is 242 Å². The number of aromatic nitrogens is 1. The summed E-state index contributed by atoms with van der Waals surface area (Å²) in [5, 5.41) is 14.0. The SMILES string of the molecule is Cc1ccc2oc(-c3ccc(NC(=O)N(CC(=O)[O-])Cc4ccc(Cl)cc4)c(F)c3)nc2c1.[K+]. The number of anilines is 1. The minimum atomic E-state index is -1.44. The Hall–Kier alpha value is -2.27. The normalized spacial score (nSPS) is 10.6. The van der Waals surface area contributed by atoms with Crippen LogP contribution in [0.1, 0.15) is 11.1 Å². The molecule has 7 nitrogen and oxygen atoms in total. The number of fused-ring (bicyclic) bond motifs is 1. The fourth-order valence-corrected chi connectivity index (χ4v) is 3.40. The molecule has 4 aromatic rings. The van der Waals surface area contributed by atoms with Gasteiger partial charge in [0, 0.05) is 17.1 Å². The van der Waals surface area contributed by atoms with E-state index < -0.39 is 24.4 Å². The van der Waals surface area contributed by atoms with Gasteiger partial charge in [-0.25, -0.2) is 14.2 Å². The summed E-state index contributed by atoms with van der Waals surface area (Å²) in [4.78, 5) is 29.2. The average Bonchev–Trinajstić information content (AvgIpc) is 3.19. The van der Waals surface area contributed by atoms with Crippen LogP contribution in [-0.4, -0.2) is 28.4 Å². The van der Waals surface area contributed by atoms with Gasteiger partial charge in [0.05, 0.1) is 18.2 Å². The first kappa shape index (κ1) is 26.3. The number of carbonyl (C=O) groups is 2. The number of halogens is 2. The van der Waals surface area contributed by atoms with Crippen molar-refractivity contribution in [1.29, 1.82) is 0 Å². The number of carboxylic acids is 1. The van der Waals surface area contributed by atoms with Crippen LogP contribution in [0.3, 0.4) is 0 Å². The van der Waals surface area contributed by atoms with E-state index in [2.05, 4.69) is 10.3 Å². The first-order valence-electron chi connectivity index (χ1n) is 9.96. The molecule has 1 heterocycles. The van der Waals surface area contributed by atoms with Crippen LogP contribution in [0.15, 0.2) is 65.1 Å². The number of carboxylic acid groups (broad SMARTS) is 1. The second-order valence-corrected chi connectivity index (χ2v) is 7.91. The molecule has 0 spiro atoms. The second kappa shape index (κ2) is 11.4. The second-order valence-electron chi connectivity index (χ2n) is 7.47. The third kappa shape index (κ3) is 6.44. The Morgan fingerprint density at radius 3 is 2.53 bits per heavy atom. The first-order chi connectivity index (χ1) is 15.8. The van der Waals surface area contributed by atoms with E-state index in [1.54, 1.807) is 36.4 Å². The molecule has 34 heavy (non-hydrogen) atoms. The van der Waals surface area contributed by atoms with Crippen LogP contribution >= 0.6 is 11.6 Å². The van der Waals surface area contributed by atoms with Crippen LogP contribution < -0.4 is 61.8 Å². The quantitative estimate of drug-likeness (QED) is 0.399. The van der Waals surface area contributed by atoms with Gasteiger partial charge in [-0.3, -0.25) is 0 Å². The molecule has 1 aromatic heterocycles. The molecule has 0 aliphatic heterocycles. The van der Waals surface area contributed by atoms with E-state index in [4.69, 9.17) is 16.0 Å². The molecule has 10 heteroatoms. The Morgan fingerprint density at radius 1 is 1.12 bits per heavy atom. The summed E-state index contributed by atoms with van der Waals surface area (Å²) in [6.07, 6.45) is 0. The molecular formula is C24H18ClFKN3O4. The predicted molar refractivity (Wildman–Crippen MR) is 120 cm³/mol. The van der Waals surface area contributed by atoms with E-state index in [1.807, 2.05) is 19.1 Å². The van der Waals surface area contributed by atoms with Crippen molar-refractivity contribution in [2.45, 2.75) is 13.5 Å². The molecule has 0 bridgehead atoms. The number of hydrogen-bond donors (Lipinski definition) is 1. The van der Waals surface area contributed by atoms with Gasteiger partial charge in [-0.2, -0.15) is 0 Å². The van der Waals surface area contributed by atoms with Crippen molar-refractivity contribution in [2.24, 2.45) is 0 Å². The standard InChI is InChI=1S/C24H19ClFN3O4.K/c1-14-2-9-21-20(10-14)27-23(33-21)16-5-8-19(18(26)11-16)28-24(32)29(13-22(30)31)12-15-3-6-17(25)7-4-15;/h2-11H,12-13H2,1H3,(H,28,32)(H,30,31);/q;+1/p-1. The van der Waals surface area contributed by atoms with Crippen molar-refractivity contribution < 1.29 is 74.9 Å². The number of hydrogen-bond acceptors (Lipinski definition) is 5. The van der Waals surface area contributed by atoms with E-state index >= 15 is 0 Å². The van der Waals surface area contributed by atoms with Crippen molar-refractivity contribution in [1.82, 2.24) is 9.88 Å². The molecule has 0 fully saturated rings. The van der Waals surface area contributed by atoms with Crippen molar-refractivity contribution in [3.63, 3.8) is 0 Å². The molecule has 2 amide bonds. The zero-order valence-electron chi connectivity index (χ0n) is 18.5. The number of rotatable bonds is 6. The Balaban J connectivity index is 0.00000324. The van der Waals surface area contributed by atoms with Gasteiger partial charge in [-0.05, 0) is 60.5 Å². The van der Waals surface area contributed by atoms with Crippen molar-refractivity contribution in [2.75, 3.05) is 11.9 Å². The van der Waals surface area contributed by atoms with Gasteiger partial charge >= 0.3 is 57.4 Å². The molecule has 0 radical (unpaired) electrons. The zero-order chi connectivity index (χ0) is 23.5. The largest absolute Gasteiger partial charge is 1.00 e. The summed E-state index contributed by atoms with van der Waals surface area (Å²) < 4.78 is 20.5. The van der Waals surface area contributed by atoms with Crippen molar-refractivity contribution >= 4 is 40.4 Å². The summed E-state index contributed by atoms with van der Waals surface area (Å²) in [5.41, 5.74) is 3.18. The summed E-state index contributed by atoms with van der Waals surface area (Å²) in [6.45, 7) is 1.23. The average molecular weight is 506 g/mol. The molecule has 0 saturated carbocycles. The minimum absolute atomic E-state index is 0. The number of aryl methyl sites for hydroxylation is 1. The fraction of sp³-hybridized carbons (Fsp3) is 0.125. The van der Waals surface area contributed by atoms with E-state index in [1.165, 1.54) is 12.1 Å². The van der Waals surface area contributed by atoms with E-state index in [0.717, 1.165) is 10.5 Å². The molecular weight excluding hydrogens is 488 g/mol. The van der Waals surface area contributed by atoms with Gasteiger partial charge in [-0.15, -0.1) is 0 Å². The zero-order valence-corrected chi connectivity index (χ0v) is 22.4. The smallest absolute Gasteiger partial charge is 0.548 e. The number of oxazole rings is 1. The summed E-state index contributed by atoms with van der Waals surface area (Å²) in [6, 6.07) is 15.4. The van der Waals surface area contributed by atoms with Gasteiger partial charge in [0.2, 0.25) is 5.89 Å². The summed E-state index contributed by atoms with van der Waals surface area (Å²) in [7, 11) is 0. The Kier molecular flexibility index (Phi) is 8.86. The predicted octanol–water partition coefficient (Wildman–Crippen LogP) is 1.38. The molecule has 0 saturated heterocycles. The van der Waals surface area contributed by atoms with Crippen LogP contribution in [0, 0.1) is 12.7 Å². The molecule has 168 valence electrons. The summed E-state index contributed by atoms with van der Waals surface area (Å²) >= 11 is 5.86. The molecule has 0 unspecified atom stereocenters. The molecule has 4 rings (SSSR count). The maximum absolute atomic E-state index is 14.8. The molecule has 3 aromatic carbocycles. The number of nitrogens with one attached hydrogen (secondary N) is 1. The van der Waals surface area contributed by atoms with Crippen LogP contribution in [0.25, 0.3) is 22.6 Å². The third-order valence-corrected chi connectivity index (χ3v) is 5.15. The Morgan fingerprint density at radius 2 is 1.85 bits per heavy atom. The summed E-state index contributed by atoms with van der Waals surface area (Å²) in [5.74, 6) is -1.92. The number of urea groups is 1. The molecule has 1 N–H and O–H groups in total. The number of amides is 2. The van der Waals surface area contributed by atoms with Gasteiger partial charge in [0.25, 0.3) is 0 Å². The first-order valence-corrected chi connectivity index (χ1v) is 10.3. The van der Waals surface area contributed by atoms with Gasteiger partial charge < -0.3 is 24.5 Å². The van der Waals surface area contributed by atoms with E-state index in [-0.39, 0.29) is 69.5 Å². The van der Waals surface area contributed by atoms with Gasteiger partial charge in [0.1, 0.15) is 11.3 Å². The molecule has 0 atom stereocenters. The monoisotopic (exact) mass is 505 g/mol.